The largest absolute Gasteiger partial charge is 0.321 e. The average molecular weight is 377 g/mol. The van der Waals surface area contributed by atoms with Crippen molar-refractivity contribution in [1.82, 2.24) is 4.31 Å². The molecule has 1 saturated carbocycles. The summed E-state index contributed by atoms with van der Waals surface area (Å²) in [5.74, 6) is -0.263. The molecule has 1 amide bonds. The summed E-state index contributed by atoms with van der Waals surface area (Å²) in [5.41, 5.74) is 1.16. The molecule has 1 N–H and O–H groups in total. The average Bonchev–Trinajstić information content (AvgIpc) is 3.46. The molecule has 0 heterocycles. The van der Waals surface area contributed by atoms with Crippen molar-refractivity contribution in [3.05, 3.63) is 54.1 Å². The fourth-order valence-electron chi connectivity index (χ4n) is 2.52. The second kappa shape index (κ2) is 7.19. The molecule has 0 radical (unpaired) electrons. The SMILES string of the molecule is CSc1ccccc1NC(=O)c1ccc(S(=O)(=O)N(C)C2CC2)cc1. The van der Waals surface area contributed by atoms with Crippen LogP contribution in [0.3, 0.4) is 0 Å². The quantitative estimate of drug-likeness (QED) is 0.784. The molecule has 132 valence electrons. The predicted molar refractivity (Wildman–Crippen MR) is 101 cm³/mol. The van der Waals surface area contributed by atoms with E-state index in [0.29, 0.717) is 5.56 Å². The van der Waals surface area contributed by atoms with Gasteiger partial charge in [0.25, 0.3) is 5.91 Å². The van der Waals surface area contributed by atoms with E-state index in [9.17, 15) is 13.2 Å². The molecule has 1 aliphatic rings. The number of benzene rings is 2. The highest BCUT2D eigenvalue weighted by Gasteiger charge is 2.34. The van der Waals surface area contributed by atoms with Crippen molar-refractivity contribution in [1.29, 1.82) is 0 Å². The Morgan fingerprint density at radius 2 is 1.76 bits per heavy atom. The third-order valence-corrected chi connectivity index (χ3v) is 6.93. The van der Waals surface area contributed by atoms with Crippen molar-refractivity contribution in [2.75, 3.05) is 18.6 Å². The van der Waals surface area contributed by atoms with E-state index in [1.807, 2.05) is 30.5 Å². The number of amides is 1. The lowest BCUT2D eigenvalue weighted by Crippen LogP contribution is -2.29. The van der Waals surface area contributed by atoms with Crippen LogP contribution in [-0.2, 0) is 10.0 Å². The standard InChI is InChI=1S/C18H20N2O3S2/c1-20(14-9-10-14)25(22,23)15-11-7-13(8-12-15)18(21)19-16-5-3-4-6-17(16)24-2/h3-8,11-12,14H,9-10H2,1-2H3,(H,19,21). The molecule has 0 atom stereocenters. The van der Waals surface area contributed by atoms with Crippen molar-refractivity contribution >= 4 is 33.4 Å². The van der Waals surface area contributed by atoms with Crippen LogP contribution < -0.4 is 5.32 Å². The summed E-state index contributed by atoms with van der Waals surface area (Å²) in [5, 5.41) is 2.87. The lowest BCUT2D eigenvalue weighted by molar-refractivity contribution is 0.102. The Morgan fingerprint density at radius 1 is 1.12 bits per heavy atom. The van der Waals surface area contributed by atoms with Crippen LogP contribution in [-0.4, -0.2) is 38.0 Å². The Bertz CT molecular complexity index is 875. The summed E-state index contributed by atoms with van der Waals surface area (Å²) < 4.78 is 26.4. The first-order valence-electron chi connectivity index (χ1n) is 7.96. The second-order valence-electron chi connectivity index (χ2n) is 5.93. The number of anilines is 1. The number of rotatable bonds is 6. The number of nitrogens with one attached hydrogen (secondary N) is 1. The zero-order chi connectivity index (χ0) is 18.0. The molecular formula is C18H20N2O3S2. The van der Waals surface area contributed by atoms with E-state index in [1.165, 1.54) is 16.4 Å². The van der Waals surface area contributed by atoms with Crippen LogP contribution in [0.4, 0.5) is 5.69 Å². The highest BCUT2D eigenvalue weighted by atomic mass is 32.2. The zero-order valence-corrected chi connectivity index (χ0v) is 15.7. The van der Waals surface area contributed by atoms with Gasteiger partial charge in [0, 0.05) is 23.5 Å². The zero-order valence-electron chi connectivity index (χ0n) is 14.1. The number of carbonyl (C=O) groups excluding carboxylic acids is 1. The minimum Gasteiger partial charge on any atom is -0.321 e. The van der Waals surface area contributed by atoms with Crippen LogP contribution in [0.2, 0.25) is 0 Å². The maximum absolute atomic E-state index is 12.5. The highest BCUT2D eigenvalue weighted by molar-refractivity contribution is 7.98. The van der Waals surface area contributed by atoms with E-state index in [0.717, 1.165) is 23.4 Å². The van der Waals surface area contributed by atoms with Gasteiger partial charge in [0.15, 0.2) is 0 Å². The molecule has 7 heteroatoms. The molecule has 3 rings (SSSR count). The molecular weight excluding hydrogens is 356 g/mol. The Labute approximate surface area is 152 Å². The molecule has 1 aliphatic carbocycles. The molecule has 0 bridgehead atoms. The van der Waals surface area contributed by atoms with Crippen LogP contribution >= 0.6 is 11.8 Å². The van der Waals surface area contributed by atoms with E-state index < -0.39 is 10.0 Å². The molecule has 0 aliphatic heterocycles. The first-order chi connectivity index (χ1) is 11.9. The van der Waals surface area contributed by atoms with Gasteiger partial charge in [-0.2, -0.15) is 4.31 Å². The first kappa shape index (κ1) is 18.0. The van der Waals surface area contributed by atoms with Gasteiger partial charge in [0.1, 0.15) is 0 Å². The lowest BCUT2D eigenvalue weighted by Gasteiger charge is -2.16. The van der Waals surface area contributed by atoms with Crippen LogP contribution in [0.25, 0.3) is 0 Å². The van der Waals surface area contributed by atoms with Gasteiger partial charge in [-0.1, -0.05) is 12.1 Å². The van der Waals surface area contributed by atoms with E-state index >= 15 is 0 Å². The summed E-state index contributed by atoms with van der Waals surface area (Å²) in [4.78, 5) is 13.6. The van der Waals surface area contributed by atoms with Gasteiger partial charge in [-0.15, -0.1) is 11.8 Å². The Hall–Kier alpha value is -1.83. The normalized spacial score (nSPS) is 14.5. The number of hydrogen-bond acceptors (Lipinski definition) is 4. The highest BCUT2D eigenvalue weighted by Crippen LogP contribution is 2.30. The maximum atomic E-state index is 12.5. The van der Waals surface area contributed by atoms with Crippen molar-refractivity contribution in [2.24, 2.45) is 0 Å². The number of thioether (sulfide) groups is 1. The van der Waals surface area contributed by atoms with Crippen LogP contribution in [0.15, 0.2) is 58.3 Å². The monoisotopic (exact) mass is 376 g/mol. The van der Waals surface area contributed by atoms with Gasteiger partial charge in [0.2, 0.25) is 10.0 Å². The van der Waals surface area contributed by atoms with E-state index in [-0.39, 0.29) is 16.8 Å². The van der Waals surface area contributed by atoms with Gasteiger partial charge in [-0.3, -0.25) is 4.79 Å². The van der Waals surface area contributed by atoms with Gasteiger partial charge in [0.05, 0.1) is 10.6 Å². The third kappa shape index (κ3) is 3.89. The molecule has 25 heavy (non-hydrogen) atoms. The van der Waals surface area contributed by atoms with Crippen molar-refractivity contribution < 1.29 is 13.2 Å². The van der Waals surface area contributed by atoms with Gasteiger partial charge < -0.3 is 5.32 Å². The molecule has 2 aromatic rings. The van der Waals surface area contributed by atoms with Crippen molar-refractivity contribution in [2.45, 2.75) is 28.7 Å². The smallest absolute Gasteiger partial charge is 0.255 e. The van der Waals surface area contributed by atoms with Crippen LogP contribution in [0.1, 0.15) is 23.2 Å². The van der Waals surface area contributed by atoms with E-state index in [4.69, 9.17) is 0 Å². The maximum Gasteiger partial charge on any atom is 0.255 e. The van der Waals surface area contributed by atoms with Crippen LogP contribution in [0, 0.1) is 0 Å². The first-order valence-corrected chi connectivity index (χ1v) is 10.6. The van der Waals surface area contributed by atoms with Crippen LogP contribution in [0.5, 0.6) is 0 Å². The summed E-state index contributed by atoms with van der Waals surface area (Å²) >= 11 is 1.55. The summed E-state index contributed by atoms with van der Waals surface area (Å²) in [7, 11) is -1.89. The topological polar surface area (TPSA) is 66.5 Å². The Kier molecular flexibility index (Phi) is 5.17. The second-order valence-corrected chi connectivity index (χ2v) is 8.78. The van der Waals surface area contributed by atoms with Crippen molar-refractivity contribution in [3.63, 3.8) is 0 Å². The molecule has 1 fully saturated rings. The molecule has 0 saturated heterocycles. The van der Waals surface area contributed by atoms with Crippen molar-refractivity contribution in [3.8, 4) is 0 Å². The molecule has 0 unspecified atom stereocenters. The number of hydrogen-bond donors (Lipinski definition) is 1. The summed E-state index contributed by atoms with van der Waals surface area (Å²) in [6.07, 6.45) is 3.76. The van der Waals surface area contributed by atoms with E-state index in [2.05, 4.69) is 5.32 Å². The minimum absolute atomic E-state index is 0.107. The predicted octanol–water partition coefficient (Wildman–Crippen LogP) is 3.44. The number of carbonyl (C=O) groups is 1. The fraction of sp³-hybridized carbons (Fsp3) is 0.278. The fourth-order valence-corrected chi connectivity index (χ4v) is 4.49. The van der Waals surface area contributed by atoms with E-state index in [1.54, 1.807) is 30.9 Å². The lowest BCUT2D eigenvalue weighted by atomic mass is 10.2. The summed E-state index contributed by atoms with van der Waals surface area (Å²) in [6.45, 7) is 0. The third-order valence-electron chi connectivity index (χ3n) is 4.21. The van der Waals surface area contributed by atoms with Gasteiger partial charge in [-0.05, 0) is 55.5 Å². The summed E-state index contributed by atoms with van der Waals surface area (Å²) in [6, 6.07) is 13.7. The Morgan fingerprint density at radius 3 is 2.36 bits per heavy atom. The minimum atomic E-state index is -3.49. The Balaban J connectivity index is 1.77. The molecule has 5 nitrogen and oxygen atoms in total. The van der Waals surface area contributed by atoms with Gasteiger partial charge >= 0.3 is 0 Å². The number of para-hydroxylation sites is 1. The number of nitrogens with zero attached hydrogens (tertiary/aromatic N) is 1. The molecule has 0 spiro atoms. The number of sulfonamides is 1. The molecule has 2 aromatic carbocycles. The molecule has 0 aromatic heterocycles. The van der Waals surface area contributed by atoms with Gasteiger partial charge in [-0.25, -0.2) is 8.42 Å².